The van der Waals surface area contributed by atoms with Crippen molar-refractivity contribution in [3.8, 4) is 0 Å². The molecule has 1 unspecified atom stereocenters. The van der Waals surface area contributed by atoms with E-state index < -0.39 is 0 Å². The Bertz CT molecular complexity index is 917. The van der Waals surface area contributed by atoms with Crippen molar-refractivity contribution in [1.29, 1.82) is 0 Å². The van der Waals surface area contributed by atoms with Crippen LogP contribution in [0.2, 0.25) is 0 Å². The van der Waals surface area contributed by atoms with Crippen LogP contribution in [0.3, 0.4) is 0 Å². The topological polar surface area (TPSA) is 29.5 Å². The molecular formula is C25H27NO2. The molecule has 3 nitrogen and oxygen atoms in total. The minimum atomic E-state index is 0.226. The van der Waals surface area contributed by atoms with E-state index in [9.17, 15) is 4.79 Å². The van der Waals surface area contributed by atoms with E-state index in [0.717, 1.165) is 31.5 Å². The molecule has 3 heteroatoms. The number of ether oxygens (including phenoxy) is 1. The van der Waals surface area contributed by atoms with Crippen LogP contribution < -0.4 is 0 Å². The highest BCUT2D eigenvalue weighted by atomic mass is 16.5. The maximum absolute atomic E-state index is 12.9. The third-order valence-electron chi connectivity index (χ3n) is 5.56. The number of fused-ring (bicyclic) bond motifs is 1. The lowest BCUT2D eigenvalue weighted by Crippen LogP contribution is -2.42. The van der Waals surface area contributed by atoms with Crippen molar-refractivity contribution >= 4 is 16.7 Å². The normalized spacial score (nSPS) is 17.0. The van der Waals surface area contributed by atoms with Gasteiger partial charge in [-0.3, -0.25) is 4.79 Å². The van der Waals surface area contributed by atoms with Gasteiger partial charge in [0.15, 0.2) is 0 Å². The third-order valence-corrected chi connectivity index (χ3v) is 5.56. The van der Waals surface area contributed by atoms with E-state index in [2.05, 4.69) is 36.4 Å². The number of nitrogens with zero attached hydrogens (tertiary/aromatic N) is 1. The first-order valence-corrected chi connectivity index (χ1v) is 10.2. The molecule has 0 aliphatic carbocycles. The number of benzene rings is 3. The molecule has 0 spiro atoms. The van der Waals surface area contributed by atoms with E-state index in [0.29, 0.717) is 25.6 Å². The summed E-state index contributed by atoms with van der Waals surface area (Å²) in [5, 5.41) is 2.37. The van der Waals surface area contributed by atoms with Crippen LogP contribution in [-0.4, -0.2) is 30.5 Å². The van der Waals surface area contributed by atoms with Crippen LogP contribution in [0, 0.1) is 5.92 Å². The number of carbonyl (C=O) groups excluding carboxylic acids is 1. The standard InChI is InChI=1S/C25H27NO2/c27-25(16-23-13-6-12-22-11-4-5-14-24(22)23)26-15-7-10-21(17-26)19-28-18-20-8-2-1-3-9-20/h1-6,8-9,11-14,21H,7,10,15-19H2. The highest BCUT2D eigenvalue weighted by Gasteiger charge is 2.24. The summed E-state index contributed by atoms with van der Waals surface area (Å²) < 4.78 is 5.93. The zero-order valence-electron chi connectivity index (χ0n) is 16.2. The van der Waals surface area contributed by atoms with Gasteiger partial charge in [0.25, 0.3) is 0 Å². The number of hydrogen-bond donors (Lipinski definition) is 0. The van der Waals surface area contributed by atoms with Gasteiger partial charge >= 0.3 is 0 Å². The molecule has 28 heavy (non-hydrogen) atoms. The van der Waals surface area contributed by atoms with Crippen molar-refractivity contribution in [2.75, 3.05) is 19.7 Å². The van der Waals surface area contributed by atoms with Crippen LogP contribution in [0.15, 0.2) is 72.8 Å². The molecule has 1 heterocycles. The van der Waals surface area contributed by atoms with Gasteiger partial charge in [-0.25, -0.2) is 0 Å². The molecule has 0 bridgehead atoms. The molecule has 0 saturated carbocycles. The fourth-order valence-electron chi connectivity index (χ4n) is 4.07. The molecule has 1 atom stereocenters. The van der Waals surface area contributed by atoms with Crippen LogP contribution in [0.25, 0.3) is 10.8 Å². The Labute approximate surface area is 166 Å². The van der Waals surface area contributed by atoms with E-state index in [4.69, 9.17) is 4.74 Å². The molecule has 0 aromatic heterocycles. The summed E-state index contributed by atoms with van der Waals surface area (Å²) in [7, 11) is 0. The second-order valence-corrected chi connectivity index (χ2v) is 7.66. The molecule has 1 saturated heterocycles. The van der Waals surface area contributed by atoms with Gasteiger partial charge in [0.1, 0.15) is 0 Å². The van der Waals surface area contributed by atoms with E-state index in [1.165, 1.54) is 16.3 Å². The molecule has 4 rings (SSSR count). The number of rotatable bonds is 6. The van der Waals surface area contributed by atoms with Crippen molar-refractivity contribution in [2.24, 2.45) is 5.92 Å². The van der Waals surface area contributed by atoms with Crippen LogP contribution in [0.4, 0.5) is 0 Å². The zero-order valence-corrected chi connectivity index (χ0v) is 16.2. The lowest BCUT2D eigenvalue weighted by Gasteiger charge is -2.33. The second-order valence-electron chi connectivity index (χ2n) is 7.66. The first-order valence-electron chi connectivity index (χ1n) is 10.2. The maximum Gasteiger partial charge on any atom is 0.227 e. The van der Waals surface area contributed by atoms with Gasteiger partial charge in [-0.1, -0.05) is 72.8 Å². The highest BCUT2D eigenvalue weighted by Crippen LogP contribution is 2.22. The predicted molar refractivity (Wildman–Crippen MR) is 113 cm³/mol. The van der Waals surface area contributed by atoms with Crippen LogP contribution >= 0.6 is 0 Å². The molecule has 144 valence electrons. The molecule has 1 fully saturated rings. The molecule has 3 aromatic rings. The number of amides is 1. The molecule has 0 N–H and O–H groups in total. The fourth-order valence-corrected chi connectivity index (χ4v) is 4.07. The zero-order chi connectivity index (χ0) is 19.2. The summed E-state index contributed by atoms with van der Waals surface area (Å²) in [4.78, 5) is 15.0. The van der Waals surface area contributed by atoms with Gasteiger partial charge in [0.2, 0.25) is 5.91 Å². The average Bonchev–Trinajstić information content (AvgIpc) is 2.75. The summed E-state index contributed by atoms with van der Waals surface area (Å²) in [6.07, 6.45) is 2.66. The van der Waals surface area contributed by atoms with Crippen molar-refractivity contribution in [1.82, 2.24) is 4.90 Å². The van der Waals surface area contributed by atoms with Gasteiger partial charge in [-0.15, -0.1) is 0 Å². The van der Waals surface area contributed by atoms with Crippen molar-refractivity contribution in [3.63, 3.8) is 0 Å². The molecular weight excluding hydrogens is 346 g/mol. The first-order chi connectivity index (χ1) is 13.8. The minimum Gasteiger partial charge on any atom is -0.376 e. The minimum absolute atomic E-state index is 0.226. The number of likely N-dealkylation sites (tertiary alicyclic amines) is 1. The molecule has 1 aliphatic heterocycles. The Hall–Kier alpha value is -2.65. The summed E-state index contributed by atoms with van der Waals surface area (Å²) in [5.41, 5.74) is 2.31. The smallest absolute Gasteiger partial charge is 0.227 e. The second kappa shape index (κ2) is 9.03. The van der Waals surface area contributed by atoms with Crippen molar-refractivity contribution in [2.45, 2.75) is 25.9 Å². The Balaban J connectivity index is 1.33. The van der Waals surface area contributed by atoms with Gasteiger partial charge in [0.05, 0.1) is 19.6 Å². The highest BCUT2D eigenvalue weighted by molar-refractivity contribution is 5.90. The van der Waals surface area contributed by atoms with Gasteiger partial charge in [-0.05, 0) is 40.7 Å². The third kappa shape index (κ3) is 4.60. The lowest BCUT2D eigenvalue weighted by atomic mass is 9.97. The molecule has 0 radical (unpaired) electrons. The summed E-state index contributed by atoms with van der Waals surface area (Å²) in [6.45, 7) is 3.02. The molecule has 1 amide bonds. The fraction of sp³-hybridized carbons (Fsp3) is 0.320. The van der Waals surface area contributed by atoms with Crippen LogP contribution in [-0.2, 0) is 22.6 Å². The number of piperidine rings is 1. The van der Waals surface area contributed by atoms with Crippen molar-refractivity contribution < 1.29 is 9.53 Å². The average molecular weight is 373 g/mol. The van der Waals surface area contributed by atoms with E-state index in [1.54, 1.807) is 0 Å². The van der Waals surface area contributed by atoms with Gasteiger partial charge in [-0.2, -0.15) is 0 Å². The van der Waals surface area contributed by atoms with Gasteiger partial charge < -0.3 is 9.64 Å². The Morgan fingerprint density at radius 3 is 2.64 bits per heavy atom. The van der Waals surface area contributed by atoms with Crippen molar-refractivity contribution in [3.05, 3.63) is 83.9 Å². The number of hydrogen-bond acceptors (Lipinski definition) is 2. The SMILES string of the molecule is O=C(Cc1cccc2ccccc12)N1CCCC(COCc2ccccc2)C1. The molecule has 1 aliphatic rings. The largest absolute Gasteiger partial charge is 0.376 e. The first kappa shape index (κ1) is 18.7. The predicted octanol–water partition coefficient (Wildman–Crippen LogP) is 4.84. The molecule has 3 aromatic carbocycles. The Kier molecular flexibility index (Phi) is 6.03. The van der Waals surface area contributed by atoms with Gasteiger partial charge in [0, 0.05) is 13.1 Å². The van der Waals surface area contributed by atoms with E-state index in [1.807, 2.05) is 41.3 Å². The summed E-state index contributed by atoms with van der Waals surface area (Å²) in [5.74, 6) is 0.651. The van der Waals surface area contributed by atoms with E-state index >= 15 is 0 Å². The Morgan fingerprint density at radius 2 is 1.75 bits per heavy atom. The quantitative estimate of drug-likeness (QED) is 0.619. The monoisotopic (exact) mass is 373 g/mol. The summed E-state index contributed by atoms with van der Waals surface area (Å²) >= 11 is 0. The Morgan fingerprint density at radius 1 is 0.964 bits per heavy atom. The lowest BCUT2D eigenvalue weighted by molar-refractivity contribution is -0.132. The van der Waals surface area contributed by atoms with Crippen LogP contribution in [0.5, 0.6) is 0 Å². The number of carbonyl (C=O) groups is 1. The van der Waals surface area contributed by atoms with E-state index in [-0.39, 0.29) is 5.91 Å². The maximum atomic E-state index is 12.9. The van der Waals surface area contributed by atoms with Crippen LogP contribution in [0.1, 0.15) is 24.0 Å². The summed E-state index contributed by atoms with van der Waals surface area (Å²) in [6, 6.07) is 24.8.